The number of carbonyl (C=O) groups is 2. The Morgan fingerprint density at radius 1 is 0.854 bits per heavy atom. The Labute approximate surface area is 280 Å². The lowest BCUT2D eigenvalue weighted by molar-refractivity contribution is 0.0123. The standard InChI is InChI=1S/C37H42N2O9/c1-37(2,3)48-36(41)39-17-15-25(16-18-39)47-34-28-21-26(46-22-23-11-9-8-10-12-23)13-14-27(28)31(32(38-34)35(40)45-7)24-19-29(42-4)33(44-6)30(20-24)43-5/h8-14,19-21,25H,15-18,22H2,1-7H3. The lowest BCUT2D eigenvalue weighted by Gasteiger charge is -2.33. The van der Waals surface area contributed by atoms with Crippen molar-refractivity contribution < 1.29 is 42.7 Å². The number of nitrogens with zero attached hydrogens (tertiary/aromatic N) is 2. The highest BCUT2D eigenvalue weighted by atomic mass is 16.6. The first-order valence-corrected chi connectivity index (χ1v) is 15.7. The molecule has 0 aliphatic carbocycles. The molecule has 0 atom stereocenters. The normalized spacial score (nSPS) is 13.5. The van der Waals surface area contributed by atoms with Crippen LogP contribution in [0.4, 0.5) is 4.79 Å². The van der Waals surface area contributed by atoms with Crippen LogP contribution in [0.5, 0.6) is 28.9 Å². The molecule has 4 aromatic rings. The number of esters is 1. The smallest absolute Gasteiger partial charge is 0.410 e. The van der Waals surface area contributed by atoms with Crippen LogP contribution < -0.4 is 23.7 Å². The molecule has 11 heteroatoms. The van der Waals surface area contributed by atoms with E-state index in [1.165, 1.54) is 28.4 Å². The fraction of sp³-hybridized carbons (Fsp3) is 0.378. The van der Waals surface area contributed by atoms with Gasteiger partial charge in [0.2, 0.25) is 11.6 Å². The second-order valence-corrected chi connectivity index (χ2v) is 12.3. The molecule has 11 nitrogen and oxygen atoms in total. The van der Waals surface area contributed by atoms with Gasteiger partial charge in [-0.05, 0) is 67.6 Å². The third-order valence-corrected chi connectivity index (χ3v) is 7.89. The average molecular weight is 659 g/mol. The van der Waals surface area contributed by atoms with E-state index < -0.39 is 11.6 Å². The molecule has 1 fully saturated rings. The molecule has 0 bridgehead atoms. The summed E-state index contributed by atoms with van der Waals surface area (Å²) in [5.41, 5.74) is 1.58. The zero-order valence-electron chi connectivity index (χ0n) is 28.5. The van der Waals surface area contributed by atoms with Crippen LogP contribution in [0.15, 0.2) is 60.7 Å². The summed E-state index contributed by atoms with van der Waals surface area (Å²) in [6.45, 7) is 6.80. The van der Waals surface area contributed by atoms with Crippen molar-refractivity contribution in [3.63, 3.8) is 0 Å². The van der Waals surface area contributed by atoms with Gasteiger partial charge in [-0.3, -0.25) is 0 Å². The van der Waals surface area contributed by atoms with E-state index in [1.54, 1.807) is 17.0 Å². The monoisotopic (exact) mass is 658 g/mol. The van der Waals surface area contributed by atoms with Crippen LogP contribution in [0.3, 0.4) is 0 Å². The topological polar surface area (TPSA) is 115 Å². The van der Waals surface area contributed by atoms with Crippen LogP contribution >= 0.6 is 0 Å². The molecule has 1 saturated heterocycles. The Hall–Kier alpha value is -5.19. The molecule has 1 aliphatic heterocycles. The minimum absolute atomic E-state index is 0.0541. The summed E-state index contributed by atoms with van der Waals surface area (Å²) in [6, 6.07) is 19.0. The molecule has 1 aliphatic rings. The number of fused-ring (bicyclic) bond motifs is 1. The minimum Gasteiger partial charge on any atom is -0.493 e. The first kappa shape index (κ1) is 34.2. The number of piperidine rings is 1. The maximum absolute atomic E-state index is 13.4. The van der Waals surface area contributed by atoms with Crippen molar-refractivity contribution >= 4 is 22.8 Å². The van der Waals surface area contributed by atoms with Crippen LogP contribution in [-0.2, 0) is 16.1 Å². The van der Waals surface area contributed by atoms with Gasteiger partial charge >= 0.3 is 12.1 Å². The number of carbonyl (C=O) groups excluding carboxylic acids is 2. The van der Waals surface area contributed by atoms with Gasteiger partial charge in [0.15, 0.2) is 17.2 Å². The molecule has 5 rings (SSSR count). The van der Waals surface area contributed by atoms with E-state index in [0.717, 1.165) is 5.56 Å². The van der Waals surface area contributed by atoms with Crippen molar-refractivity contribution in [2.24, 2.45) is 0 Å². The number of methoxy groups -OCH3 is 4. The van der Waals surface area contributed by atoms with Crippen molar-refractivity contribution in [2.45, 2.75) is 51.9 Å². The predicted molar refractivity (Wildman–Crippen MR) is 180 cm³/mol. The molecule has 0 unspecified atom stereocenters. The van der Waals surface area contributed by atoms with Gasteiger partial charge in [-0.15, -0.1) is 0 Å². The van der Waals surface area contributed by atoms with E-state index in [4.69, 9.17) is 38.1 Å². The number of benzene rings is 3. The maximum atomic E-state index is 13.4. The number of likely N-dealkylation sites (tertiary alicyclic amines) is 1. The summed E-state index contributed by atoms with van der Waals surface area (Å²) in [5, 5.41) is 1.31. The molecule has 3 aromatic carbocycles. The van der Waals surface area contributed by atoms with E-state index in [0.29, 0.717) is 77.4 Å². The van der Waals surface area contributed by atoms with Crippen molar-refractivity contribution in [3.8, 4) is 40.0 Å². The van der Waals surface area contributed by atoms with Gasteiger partial charge in [0.25, 0.3) is 0 Å². The molecule has 48 heavy (non-hydrogen) atoms. The zero-order chi connectivity index (χ0) is 34.4. The summed E-state index contributed by atoms with van der Waals surface area (Å²) >= 11 is 0. The molecule has 1 aromatic heterocycles. The van der Waals surface area contributed by atoms with Gasteiger partial charge in [0.05, 0.1) is 28.4 Å². The van der Waals surface area contributed by atoms with Gasteiger partial charge in [0, 0.05) is 36.9 Å². The van der Waals surface area contributed by atoms with E-state index in [2.05, 4.69) is 0 Å². The molecular formula is C37H42N2O9. The summed E-state index contributed by atoms with van der Waals surface area (Å²) in [6.07, 6.45) is 0.474. The van der Waals surface area contributed by atoms with Crippen molar-refractivity contribution in [2.75, 3.05) is 41.5 Å². The lowest BCUT2D eigenvalue weighted by Crippen LogP contribution is -2.44. The highest BCUT2D eigenvalue weighted by Crippen LogP contribution is 2.45. The zero-order valence-corrected chi connectivity index (χ0v) is 28.5. The second-order valence-electron chi connectivity index (χ2n) is 12.3. The largest absolute Gasteiger partial charge is 0.493 e. The number of pyridine rings is 1. The minimum atomic E-state index is -0.644. The molecule has 1 amide bonds. The van der Waals surface area contributed by atoms with Crippen LogP contribution in [-0.4, -0.2) is 75.2 Å². The van der Waals surface area contributed by atoms with Crippen molar-refractivity contribution in [3.05, 3.63) is 71.9 Å². The van der Waals surface area contributed by atoms with Gasteiger partial charge in [0.1, 0.15) is 24.1 Å². The number of rotatable bonds is 10. The van der Waals surface area contributed by atoms with Crippen LogP contribution in [0, 0.1) is 0 Å². The van der Waals surface area contributed by atoms with Crippen molar-refractivity contribution in [1.82, 2.24) is 9.88 Å². The molecule has 254 valence electrons. The van der Waals surface area contributed by atoms with Crippen molar-refractivity contribution in [1.29, 1.82) is 0 Å². The van der Waals surface area contributed by atoms with Gasteiger partial charge in [-0.25, -0.2) is 14.6 Å². The quantitative estimate of drug-likeness (QED) is 0.164. The fourth-order valence-electron chi connectivity index (χ4n) is 5.59. The Balaban J connectivity index is 1.59. The SMILES string of the molecule is COC(=O)c1nc(OC2CCN(C(=O)OC(C)(C)C)CC2)c2cc(OCc3ccccc3)ccc2c1-c1cc(OC)c(OC)c(OC)c1. The number of aromatic nitrogens is 1. The molecule has 2 heterocycles. The number of ether oxygens (including phenoxy) is 7. The Morgan fingerprint density at radius 2 is 1.52 bits per heavy atom. The number of hydrogen-bond donors (Lipinski definition) is 0. The summed E-state index contributed by atoms with van der Waals surface area (Å²) in [7, 11) is 5.89. The Bertz CT molecular complexity index is 1740. The predicted octanol–water partition coefficient (Wildman–Crippen LogP) is 7.07. The van der Waals surface area contributed by atoms with Gasteiger partial charge in [-0.2, -0.15) is 0 Å². The van der Waals surface area contributed by atoms with E-state index in [1.807, 2.05) is 69.3 Å². The first-order chi connectivity index (χ1) is 23.0. The second kappa shape index (κ2) is 14.7. The summed E-state index contributed by atoms with van der Waals surface area (Å²) in [4.78, 5) is 32.5. The van der Waals surface area contributed by atoms with Gasteiger partial charge < -0.3 is 38.1 Å². The third kappa shape index (κ3) is 7.67. The summed E-state index contributed by atoms with van der Waals surface area (Å²) < 4.78 is 40.3. The van der Waals surface area contributed by atoms with E-state index in [9.17, 15) is 9.59 Å². The third-order valence-electron chi connectivity index (χ3n) is 7.89. The lowest BCUT2D eigenvalue weighted by atomic mass is 9.96. The molecule has 0 radical (unpaired) electrons. The Kier molecular flexibility index (Phi) is 10.5. The highest BCUT2D eigenvalue weighted by molar-refractivity contribution is 6.09. The maximum Gasteiger partial charge on any atom is 0.410 e. The van der Waals surface area contributed by atoms with Crippen LogP contribution in [0.2, 0.25) is 0 Å². The number of hydrogen-bond acceptors (Lipinski definition) is 10. The van der Waals surface area contributed by atoms with E-state index >= 15 is 0 Å². The van der Waals surface area contributed by atoms with Gasteiger partial charge in [-0.1, -0.05) is 30.3 Å². The highest BCUT2D eigenvalue weighted by Gasteiger charge is 2.30. The van der Waals surface area contributed by atoms with Crippen LogP contribution in [0.25, 0.3) is 21.9 Å². The number of amides is 1. The molecule has 0 N–H and O–H groups in total. The fourth-order valence-corrected chi connectivity index (χ4v) is 5.59. The van der Waals surface area contributed by atoms with E-state index in [-0.39, 0.29) is 23.8 Å². The van der Waals surface area contributed by atoms with Crippen LogP contribution in [0.1, 0.15) is 49.7 Å². The first-order valence-electron chi connectivity index (χ1n) is 15.7. The summed E-state index contributed by atoms with van der Waals surface area (Å²) in [5.74, 6) is 1.44. The average Bonchev–Trinajstić information content (AvgIpc) is 3.09. The molecule has 0 saturated carbocycles. The Morgan fingerprint density at radius 3 is 2.10 bits per heavy atom. The molecule has 0 spiro atoms. The molecular weight excluding hydrogens is 616 g/mol.